The third-order valence-electron chi connectivity index (χ3n) is 6.82. The van der Waals surface area contributed by atoms with E-state index in [1.165, 1.54) is 25.9 Å². The minimum Gasteiger partial charge on any atom is -0.354 e. The van der Waals surface area contributed by atoms with Crippen molar-refractivity contribution in [2.75, 3.05) is 64.3 Å². The Kier molecular flexibility index (Phi) is 6.16. The number of hydrogen-bond donors (Lipinski definition) is 0. The van der Waals surface area contributed by atoms with Gasteiger partial charge in [0.1, 0.15) is 5.82 Å². The Hall–Kier alpha value is -1.66. The van der Waals surface area contributed by atoms with Gasteiger partial charge in [0.05, 0.1) is 5.56 Å². The maximum absolute atomic E-state index is 12.7. The molecule has 3 saturated heterocycles. The number of carbonyl (C=O) groups excluding carboxylic acids is 1. The van der Waals surface area contributed by atoms with E-state index >= 15 is 0 Å². The van der Waals surface area contributed by atoms with E-state index < -0.39 is 0 Å². The second kappa shape index (κ2) is 8.78. The van der Waals surface area contributed by atoms with Gasteiger partial charge < -0.3 is 14.7 Å². The third-order valence-corrected chi connectivity index (χ3v) is 6.82. The molecule has 3 aliphatic heterocycles. The van der Waals surface area contributed by atoms with E-state index in [1.54, 1.807) is 6.20 Å². The molecule has 4 heterocycles. The van der Waals surface area contributed by atoms with Gasteiger partial charge in [0, 0.05) is 58.1 Å². The van der Waals surface area contributed by atoms with Crippen LogP contribution < -0.4 is 4.90 Å². The van der Waals surface area contributed by atoms with E-state index in [0.29, 0.717) is 6.04 Å². The Bertz CT molecular complexity index is 647. The first kappa shape index (κ1) is 19.6. The molecule has 0 N–H and O–H groups in total. The summed E-state index contributed by atoms with van der Waals surface area (Å²) in [6, 6.07) is 4.70. The molecule has 1 unspecified atom stereocenters. The van der Waals surface area contributed by atoms with Gasteiger partial charge in [0.25, 0.3) is 5.91 Å². The summed E-state index contributed by atoms with van der Waals surface area (Å²) in [5.74, 6) is 1.87. The lowest BCUT2D eigenvalue weighted by Gasteiger charge is -2.43. The quantitative estimate of drug-likeness (QED) is 0.798. The van der Waals surface area contributed by atoms with Crippen molar-refractivity contribution in [1.82, 2.24) is 19.7 Å². The van der Waals surface area contributed by atoms with Crippen LogP contribution in [0.1, 0.15) is 43.0 Å². The van der Waals surface area contributed by atoms with Crippen LogP contribution in [0.15, 0.2) is 18.3 Å². The Labute approximate surface area is 169 Å². The summed E-state index contributed by atoms with van der Waals surface area (Å²) in [5.41, 5.74) is 0.724. The molecule has 3 aliphatic rings. The maximum atomic E-state index is 12.7. The number of amides is 1. The van der Waals surface area contributed by atoms with Crippen LogP contribution in [0, 0.1) is 5.92 Å². The highest BCUT2D eigenvalue weighted by Crippen LogP contribution is 2.21. The van der Waals surface area contributed by atoms with E-state index in [9.17, 15) is 4.79 Å². The summed E-state index contributed by atoms with van der Waals surface area (Å²) >= 11 is 0. The first-order valence-electron chi connectivity index (χ1n) is 11.0. The van der Waals surface area contributed by atoms with E-state index in [1.807, 2.05) is 17.0 Å². The molecule has 1 aromatic heterocycles. The van der Waals surface area contributed by atoms with Gasteiger partial charge in [0.15, 0.2) is 0 Å². The highest BCUT2D eigenvalue weighted by Gasteiger charge is 2.27. The lowest BCUT2D eigenvalue weighted by atomic mass is 9.99. The van der Waals surface area contributed by atoms with E-state index in [-0.39, 0.29) is 5.91 Å². The summed E-state index contributed by atoms with van der Waals surface area (Å²) in [7, 11) is 2.24. The summed E-state index contributed by atoms with van der Waals surface area (Å²) in [6.07, 6.45) is 6.64. The molecule has 3 fully saturated rings. The maximum Gasteiger partial charge on any atom is 0.255 e. The molecule has 0 spiro atoms. The standard InChI is InChI=1S/C22H35N5O/c1-18-7-10-27(11-8-18)22(28)19-5-6-21(23-16-19)26-14-12-25(13-15-26)20-4-3-9-24(2)17-20/h5-6,16,18,20H,3-4,7-15,17H2,1-2H3. The highest BCUT2D eigenvalue weighted by molar-refractivity contribution is 5.94. The Morgan fingerprint density at radius 1 is 1.00 bits per heavy atom. The highest BCUT2D eigenvalue weighted by atomic mass is 16.2. The van der Waals surface area contributed by atoms with Crippen molar-refractivity contribution in [2.24, 2.45) is 5.92 Å². The summed E-state index contributed by atoms with van der Waals surface area (Å²) in [5, 5.41) is 0. The average Bonchev–Trinajstić information content (AvgIpc) is 2.74. The fourth-order valence-corrected chi connectivity index (χ4v) is 4.85. The first-order valence-corrected chi connectivity index (χ1v) is 11.0. The zero-order chi connectivity index (χ0) is 19.5. The smallest absolute Gasteiger partial charge is 0.255 e. The van der Waals surface area contributed by atoms with Crippen LogP contribution in [0.3, 0.4) is 0 Å². The van der Waals surface area contributed by atoms with Gasteiger partial charge in [-0.25, -0.2) is 4.98 Å². The molecule has 6 nitrogen and oxygen atoms in total. The van der Waals surface area contributed by atoms with Crippen LogP contribution in [0.2, 0.25) is 0 Å². The number of nitrogens with zero attached hydrogens (tertiary/aromatic N) is 5. The van der Waals surface area contributed by atoms with Gasteiger partial charge in [-0.2, -0.15) is 0 Å². The molecule has 6 heteroatoms. The van der Waals surface area contributed by atoms with E-state index in [2.05, 4.69) is 33.7 Å². The average molecular weight is 386 g/mol. The SMILES string of the molecule is CC1CCN(C(=O)c2ccc(N3CCN(C4CCCN(C)C4)CC3)nc2)CC1. The first-order chi connectivity index (χ1) is 13.6. The third kappa shape index (κ3) is 4.49. The number of carbonyl (C=O) groups is 1. The molecule has 1 amide bonds. The fourth-order valence-electron chi connectivity index (χ4n) is 4.85. The zero-order valence-corrected chi connectivity index (χ0v) is 17.5. The van der Waals surface area contributed by atoms with Crippen molar-refractivity contribution in [3.8, 4) is 0 Å². The second-order valence-corrected chi connectivity index (χ2v) is 8.96. The van der Waals surface area contributed by atoms with Crippen LogP contribution in [0.4, 0.5) is 5.82 Å². The number of piperazine rings is 1. The van der Waals surface area contributed by atoms with Gasteiger partial charge in [0.2, 0.25) is 0 Å². The predicted molar refractivity (Wildman–Crippen MR) is 113 cm³/mol. The zero-order valence-electron chi connectivity index (χ0n) is 17.5. The topological polar surface area (TPSA) is 42.9 Å². The summed E-state index contributed by atoms with van der Waals surface area (Å²) < 4.78 is 0. The Balaban J connectivity index is 1.30. The minimum absolute atomic E-state index is 0.136. The molecule has 0 bridgehead atoms. The molecule has 28 heavy (non-hydrogen) atoms. The van der Waals surface area contributed by atoms with Gasteiger partial charge in [-0.15, -0.1) is 0 Å². The monoisotopic (exact) mass is 385 g/mol. The van der Waals surface area contributed by atoms with E-state index in [4.69, 9.17) is 0 Å². The van der Waals surface area contributed by atoms with Crippen LogP contribution >= 0.6 is 0 Å². The van der Waals surface area contributed by atoms with E-state index in [0.717, 1.165) is 69.4 Å². The molecule has 4 rings (SSSR count). The summed E-state index contributed by atoms with van der Waals surface area (Å²) in [6.45, 7) is 10.7. The largest absolute Gasteiger partial charge is 0.354 e. The Morgan fingerprint density at radius 2 is 1.75 bits per heavy atom. The fraction of sp³-hybridized carbons (Fsp3) is 0.727. The van der Waals surface area contributed by atoms with Crippen molar-refractivity contribution >= 4 is 11.7 Å². The number of piperidine rings is 2. The second-order valence-electron chi connectivity index (χ2n) is 8.96. The van der Waals surface area contributed by atoms with Gasteiger partial charge >= 0.3 is 0 Å². The number of hydrogen-bond acceptors (Lipinski definition) is 5. The molecule has 1 aromatic rings. The molecule has 154 valence electrons. The lowest BCUT2D eigenvalue weighted by Crippen LogP contribution is -2.54. The van der Waals surface area contributed by atoms with Gasteiger partial charge in [-0.3, -0.25) is 9.69 Å². The number of likely N-dealkylation sites (N-methyl/N-ethyl adjacent to an activating group) is 1. The predicted octanol–water partition coefficient (Wildman–Crippen LogP) is 2.17. The van der Waals surface area contributed by atoms with Crippen molar-refractivity contribution in [2.45, 2.75) is 38.6 Å². The number of rotatable bonds is 3. The van der Waals surface area contributed by atoms with Crippen LogP contribution in [0.5, 0.6) is 0 Å². The Morgan fingerprint density at radius 3 is 2.39 bits per heavy atom. The molecule has 0 saturated carbocycles. The minimum atomic E-state index is 0.136. The molecular weight excluding hydrogens is 350 g/mol. The van der Waals surface area contributed by atoms with Crippen LogP contribution in [0.25, 0.3) is 0 Å². The summed E-state index contributed by atoms with van der Waals surface area (Å²) in [4.78, 5) is 26.8. The number of anilines is 1. The van der Waals surface area contributed by atoms with Crippen molar-refractivity contribution in [1.29, 1.82) is 0 Å². The van der Waals surface area contributed by atoms with Crippen LogP contribution in [-0.2, 0) is 0 Å². The molecular formula is C22H35N5O. The number of pyridine rings is 1. The number of aromatic nitrogens is 1. The van der Waals surface area contributed by atoms with Crippen molar-refractivity contribution < 1.29 is 4.79 Å². The molecule has 0 aliphatic carbocycles. The molecule has 1 atom stereocenters. The number of likely N-dealkylation sites (tertiary alicyclic amines) is 2. The lowest BCUT2D eigenvalue weighted by molar-refractivity contribution is 0.0697. The van der Waals surface area contributed by atoms with Gasteiger partial charge in [-0.1, -0.05) is 6.92 Å². The van der Waals surface area contributed by atoms with Crippen molar-refractivity contribution in [3.63, 3.8) is 0 Å². The van der Waals surface area contributed by atoms with Gasteiger partial charge in [-0.05, 0) is 57.3 Å². The van der Waals surface area contributed by atoms with Crippen molar-refractivity contribution in [3.05, 3.63) is 23.9 Å². The molecule has 0 aromatic carbocycles. The normalized spacial score (nSPS) is 25.9. The van der Waals surface area contributed by atoms with Crippen LogP contribution in [-0.4, -0.2) is 91.0 Å². The molecule has 0 radical (unpaired) electrons.